The molecule has 1 aliphatic heterocycles. The van der Waals surface area contributed by atoms with Gasteiger partial charge >= 0.3 is 0 Å². The highest BCUT2D eigenvalue weighted by atomic mass is 32.2. The van der Waals surface area contributed by atoms with Crippen molar-refractivity contribution in [2.75, 3.05) is 11.3 Å². The second-order valence-corrected chi connectivity index (χ2v) is 9.53. The molecule has 0 radical (unpaired) electrons. The van der Waals surface area contributed by atoms with Crippen LogP contribution in [0.4, 0.5) is 5.69 Å². The zero-order chi connectivity index (χ0) is 19.7. The third-order valence-corrected chi connectivity index (χ3v) is 7.16. The fraction of sp³-hybridized carbons (Fsp3) is 0.190. The third-order valence-electron chi connectivity index (χ3n) is 4.76. The molecule has 0 saturated carbocycles. The topological polar surface area (TPSA) is 66.5 Å². The molecule has 7 heteroatoms. The minimum Gasteiger partial charge on any atom is -0.334 e. The molecule has 1 aromatic heterocycles. The zero-order valence-corrected chi connectivity index (χ0v) is 17.0. The van der Waals surface area contributed by atoms with Gasteiger partial charge in [0, 0.05) is 29.2 Å². The van der Waals surface area contributed by atoms with Gasteiger partial charge in [0.15, 0.2) is 0 Å². The van der Waals surface area contributed by atoms with E-state index in [1.54, 1.807) is 46.6 Å². The number of thiophene rings is 1. The smallest absolute Gasteiger partial charge is 0.261 e. The normalized spacial score (nSPS) is 13.8. The summed E-state index contributed by atoms with van der Waals surface area (Å²) in [7, 11) is -3.78. The number of rotatable bonds is 4. The van der Waals surface area contributed by atoms with Crippen LogP contribution >= 0.6 is 11.3 Å². The van der Waals surface area contributed by atoms with Crippen LogP contribution in [0.15, 0.2) is 64.9 Å². The van der Waals surface area contributed by atoms with Gasteiger partial charge in [0.2, 0.25) is 0 Å². The molecule has 0 fully saturated rings. The molecule has 2 heterocycles. The first-order valence-corrected chi connectivity index (χ1v) is 11.3. The summed E-state index contributed by atoms with van der Waals surface area (Å²) in [6, 6.07) is 15.4. The lowest BCUT2D eigenvalue weighted by Gasteiger charge is -2.27. The SMILES string of the molecule is Cc1cccc(NS(=O)(=O)c2cccc(C(=O)N3CCc4sccc4C3)c2)c1. The van der Waals surface area contributed by atoms with Crippen LogP contribution < -0.4 is 4.72 Å². The Bertz CT molecular complexity index is 1140. The number of aryl methyl sites for hydroxylation is 1. The zero-order valence-electron chi connectivity index (χ0n) is 15.4. The monoisotopic (exact) mass is 412 g/mol. The number of benzene rings is 2. The standard InChI is InChI=1S/C21H20N2O3S2/c1-15-4-2-6-18(12-15)22-28(25,26)19-7-3-5-16(13-19)21(24)23-10-8-20-17(14-23)9-11-27-20/h2-7,9,11-13,22H,8,10,14H2,1H3. The lowest BCUT2D eigenvalue weighted by molar-refractivity contribution is 0.0735. The second kappa shape index (κ2) is 7.41. The Balaban J connectivity index is 1.56. The Morgan fingerprint density at radius 2 is 1.93 bits per heavy atom. The van der Waals surface area contributed by atoms with Crippen molar-refractivity contribution < 1.29 is 13.2 Å². The van der Waals surface area contributed by atoms with Crippen LogP contribution in [-0.2, 0) is 23.0 Å². The van der Waals surface area contributed by atoms with Crippen molar-refractivity contribution in [2.24, 2.45) is 0 Å². The number of carbonyl (C=O) groups is 1. The number of nitrogens with one attached hydrogen (secondary N) is 1. The van der Waals surface area contributed by atoms with E-state index in [1.807, 2.05) is 24.4 Å². The predicted molar refractivity (Wildman–Crippen MR) is 111 cm³/mol. The van der Waals surface area contributed by atoms with Gasteiger partial charge in [-0.05, 0) is 66.2 Å². The minimum atomic E-state index is -3.78. The maximum atomic E-state index is 12.9. The maximum absolute atomic E-state index is 12.9. The molecular weight excluding hydrogens is 392 g/mol. The second-order valence-electron chi connectivity index (χ2n) is 6.85. The fourth-order valence-corrected chi connectivity index (χ4v) is 5.31. The maximum Gasteiger partial charge on any atom is 0.261 e. The molecule has 0 bridgehead atoms. The summed E-state index contributed by atoms with van der Waals surface area (Å²) in [5.74, 6) is -0.149. The summed E-state index contributed by atoms with van der Waals surface area (Å²) in [6.45, 7) is 3.11. The molecule has 4 rings (SSSR count). The molecule has 0 saturated heterocycles. The number of nitrogens with zero attached hydrogens (tertiary/aromatic N) is 1. The first-order chi connectivity index (χ1) is 13.4. The third kappa shape index (κ3) is 3.81. The van der Waals surface area contributed by atoms with Crippen LogP contribution in [0.3, 0.4) is 0 Å². The van der Waals surface area contributed by atoms with Gasteiger partial charge in [0.1, 0.15) is 0 Å². The highest BCUT2D eigenvalue weighted by Gasteiger charge is 2.24. The number of sulfonamides is 1. The average Bonchev–Trinajstić information content (AvgIpc) is 3.15. The first kappa shape index (κ1) is 18.7. The van der Waals surface area contributed by atoms with Crippen molar-refractivity contribution in [3.63, 3.8) is 0 Å². The van der Waals surface area contributed by atoms with Crippen LogP contribution in [0, 0.1) is 6.92 Å². The molecule has 0 unspecified atom stereocenters. The molecule has 1 N–H and O–H groups in total. The molecule has 0 aliphatic carbocycles. The van der Waals surface area contributed by atoms with E-state index in [9.17, 15) is 13.2 Å². The van der Waals surface area contributed by atoms with Crippen LogP contribution in [0.2, 0.25) is 0 Å². The highest BCUT2D eigenvalue weighted by molar-refractivity contribution is 7.92. The van der Waals surface area contributed by atoms with Crippen molar-refractivity contribution in [1.82, 2.24) is 4.90 Å². The van der Waals surface area contributed by atoms with Gasteiger partial charge in [-0.15, -0.1) is 11.3 Å². The minimum absolute atomic E-state index is 0.0769. The Morgan fingerprint density at radius 1 is 1.11 bits per heavy atom. The van der Waals surface area contributed by atoms with E-state index in [1.165, 1.54) is 22.6 Å². The highest BCUT2D eigenvalue weighted by Crippen LogP contribution is 2.26. The molecule has 1 aliphatic rings. The van der Waals surface area contributed by atoms with E-state index in [0.29, 0.717) is 24.3 Å². The van der Waals surface area contributed by atoms with E-state index in [0.717, 1.165) is 12.0 Å². The van der Waals surface area contributed by atoms with Crippen molar-refractivity contribution in [3.8, 4) is 0 Å². The molecule has 0 spiro atoms. The first-order valence-electron chi connectivity index (χ1n) is 8.96. The number of hydrogen-bond donors (Lipinski definition) is 1. The van der Waals surface area contributed by atoms with Crippen LogP contribution in [-0.4, -0.2) is 25.8 Å². The summed E-state index contributed by atoms with van der Waals surface area (Å²) in [6.07, 6.45) is 0.839. The van der Waals surface area contributed by atoms with Gasteiger partial charge in [-0.3, -0.25) is 9.52 Å². The van der Waals surface area contributed by atoms with E-state index in [4.69, 9.17) is 0 Å². The summed E-state index contributed by atoms with van der Waals surface area (Å²) >= 11 is 1.72. The lowest BCUT2D eigenvalue weighted by Crippen LogP contribution is -2.35. The van der Waals surface area contributed by atoms with Crippen LogP contribution in [0.1, 0.15) is 26.4 Å². The van der Waals surface area contributed by atoms with Crippen LogP contribution in [0.5, 0.6) is 0 Å². The molecule has 0 atom stereocenters. The molecule has 5 nitrogen and oxygen atoms in total. The molecule has 144 valence electrons. The predicted octanol–water partition coefficient (Wildman–Crippen LogP) is 4.06. The Morgan fingerprint density at radius 3 is 2.75 bits per heavy atom. The summed E-state index contributed by atoms with van der Waals surface area (Å²) in [5.41, 5.74) is 3.01. The number of anilines is 1. The van der Waals surface area contributed by atoms with Crippen molar-refractivity contribution in [2.45, 2.75) is 24.8 Å². The van der Waals surface area contributed by atoms with Gasteiger partial charge < -0.3 is 4.90 Å². The van der Waals surface area contributed by atoms with Gasteiger partial charge in [-0.25, -0.2) is 8.42 Å². The largest absolute Gasteiger partial charge is 0.334 e. The Kier molecular flexibility index (Phi) is 4.95. The molecule has 2 aromatic carbocycles. The van der Waals surface area contributed by atoms with Gasteiger partial charge in [-0.2, -0.15) is 0 Å². The van der Waals surface area contributed by atoms with E-state index in [-0.39, 0.29) is 10.8 Å². The Hall–Kier alpha value is -2.64. The molecular formula is C21H20N2O3S2. The van der Waals surface area contributed by atoms with Gasteiger partial charge in [0.05, 0.1) is 4.90 Å². The summed E-state index contributed by atoms with van der Waals surface area (Å²) in [5, 5.41) is 2.04. The summed E-state index contributed by atoms with van der Waals surface area (Å²) < 4.78 is 28.1. The molecule has 28 heavy (non-hydrogen) atoms. The number of hydrogen-bond acceptors (Lipinski definition) is 4. The van der Waals surface area contributed by atoms with Crippen molar-refractivity contribution in [3.05, 3.63) is 81.5 Å². The average molecular weight is 413 g/mol. The number of carbonyl (C=O) groups excluding carboxylic acids is 1. The Labute approximate surface area is 168 Å². The van der Waals surface area contributed by atoms with E-state index < -0.39 is 10.0 Å². The fourth-order valence-electron chi connectivity index (χ4n) is 3.32. The van der Waals surface area contributed by atoms with E-state index in [2.05, 4.69) is 4.72 Å². The van der Waals surface area contributed by atoms with Gasteiger partial charge in [0.25, 0.3) is 15.9 Å². The quantitative estimate of drug-likeness (QED) is 0.703. The van der Waals surface area contributed by atoms with Crippen LogP contribution in [0.25, 0.3) is 0 Å². The number of amides is 1. The van der Waals surface area contributed by atoms with E-state index >= 15 is 0 Å². The van der Waals surface area contributed by atoms with Crippen molar-refractivity contribution >= 4 is 33.0 Å². The van der Waals surface area contributed by atoms with Gasteiger partial charge in [-0.1, -0.05) is 18.2 Å². The lowest BCUT2D eigenvalue weighted by atomic mass is 10.1. The molecule has 3 aromatic rings. The molecule has 1 amide bonds. The van der Waals surface area contributed by atoms with Crippen molar-refractivity contribution in [1.29, 1.82) is 0 Å². The summed E-state index contributed by atoms with van der Waals surface area (Å²) in [4.78, 5) is 16.1. The number of fused-ring (bicyclic) bond motifs is 1.